The van der Waals surface area contributed by atoms with Gasteiger partial charge in [-0.15, -0.1) is 0 Å². The van der Waals surface area contributed by atoms with Gasteiger partial charge in [0.25, 0.3) is 0 Å². The molecule has 2 aliphatic rings. The Morgan fingerprint density at radius 1 is 1.62 bits per heavy atom. The van der Waals surface area contributed by atoms with Crippen molar-refractivity contribution in [2.24, 2.45) is 5.73 Å². The van der Waals surface area contributed by atoms with Crippen molar-refractivity contribution in [2.75, 3.05) is 6.61 Å². The molecule has 0 aromatic rings. The predicted octanol–water partition coefficient (Wildman–Crippen LogP) is -0.568. The van der Waals surface area contributed by atoms with Crippen LogP contribution in [-0.4, -0.2) is 53.8 Å². The van der Waals surface area contributed by atoms with Crippen LogP contribution in [0.4, 0.5) is 0 Å². The lowest BCUT2D eigenvalue weighted by atomic mass is 9.93. The first kappa shape index (κ1) is 16.0. The van der Waals surface area contributed by atoms with E-state index in [1.807, 2.05) is 0 Å². The number of nitrogens with one attached hydrogen (secondary N) is 1. The number of rotatable bonds is 4. The fourth-order valence-electron chi connectivity index (χ4n) is 2.63. The summed E-state index contributed by atoms with van der Waals surface area (Å²) in [6.07, 6.45) is 0.733. The van der Waals surface area contributed by atoms with Crippen LogP contribution in [0.25, 0.3) is 0 Å². The number of aliphatic hydroxyl groups excluding tert-OH is 1. The van der Waals surface area contributed by atoms with Gasteiger partial charge in [0.2, 0.25) is 0 Å². The minimum absolute atomic E-state index is 0.266. The summed E-state index contributed by atoms with van der Waals surface area (Å²) in [6.45, 7) is 5.59. The van der Waals surface area contributed by atoms with E-state index in [2.05, 4.69) is 5.32 Å². The van der Waals surface area contributed by atoms with Gasteiger partial charge < -0.3 is 30.4 Å². The number of hydrogen-bond acceptors (Lipinski definition) is 7. The van der Waals surface area contributed by atoms with Crippen LogP contribution in [0.2, 0.25) is 0 Å². The van der Waals surface area contributed by atoms with Gasteiger partial charge in [-0.1, -0.05) is 0 Å². The normalized spacial score (nSPS) is 36.1. The van der Waals surface area contributed by atoms with E-state index in [9.17, 15) is 9.90 Å². The molecule has 21 heavy (non-hydrogen) atoms. The van der Waals surface area contributed by atoms with E-state index in [0.29, 0.717) is 5.76 Å². The van der Waals surface area contributed by atoms with E-state index in [4.69, 9.17) is 19.9 Å². The first-order valence-corrected chi connectivity index (χ1v) is 6.90. The molecule has 5 unspecified atom stereocenters. The Labute approximate surface area is 123 Å². The van der Waals surface area contributed by atoms with Gasteiger partial charge in [-0.05, 0) is 26.8 Å². The molecule has 2 aliphatic heterocycles. The first-order valence-electron chi connectivity index (χ1n) is 6.90. The summed E-state index contributed by atoms with van der Waals surface area (Å²) in [6, 6.07) is -0.865. The van der Waals surface area contributed by atoms with Crippen LogP contribution in [-0.2, 0) is 19.0 Å². The van der Waals surface area contributed by atoms with Gasteiger partial charge in [-0.2, -0.15) is 0 Å². The SMILES string of the molecule is CC1=CC(N)C(NC=C=O)C(C(O)C2COC(C)(C)O2)O1. The maximum absolute atomic E-state index is 10.5. The zero-order valence-electron chi connectivity index (χ0n) is 12.4. The standard InChI is InChI=1S/C14H22N2O5/c1-8-6-9(15)11(16-4-5-17)13(20-8)12(18)10-7-19-14(2,3)21-10/h4,6,9-13,16,18H,7,15H2,1-3H3. The molecule has 0 spiro atoms. The van der Waals surface area contributed by atoms with Gasteiger partial charge >= 0.3 is 0 Å². The zero-order chi connectivity index (χ0) is 15.6. The van der Waals surface area contributed by atoms with Crippen molar-refractivity contribution in [3.05, 3.63) is 18.0 Å². The smallest absolute Gasteiger partial charge is 0.163 e. The summed E-state index contributed by atoms with van der Waals surface area (Å²) in [7, 11) is 0. The third kappa shape index (κ3) is 3.64. The van der Waals surface area contributed by atoms with Crippen molar-refractivity contribution in [3.8, 4) is 0 Å². The van der Waals surface area contributed by atoms with Crippen molar-refractivity contribution in [2.45, 2.75) is 57.0 Å². The van der Waals surface area contributed by atoms with Crippen LogP contribution in [0.5, 0.6) is 0 Å². The molecule has 0 aromatic heterocycles. The molecule has 5 atom stereocenters. The molecule has 7 nitrogen and oxygen atoms in total. The van der Waals surface area contributed by atoms with Gasteiger partial charge in [0, 0.05) is 0 Å². The Morgan fingerprint density at radius 3 is 2.90 bits per heavy atom. The zero-order valence-corrected chi connectivity index (χ0v) is 12.4. The Hall–Kier alpha value is -1.37. The Morgan fingerprint density at radius 2 is 2.33 bits per heavy atom. The van der Waals surface area contributed by atoms with Gasteiger partial charge in [0.05, 0.1) is 30.6 Å². The van der Waals surface area contributed by atoms with E-state index in [1.165, 1.54) is 0 Å². The van der Waals surface area contributed by atoms with Crippen molar-refractivity contribution in [1.82, 2.24) is 5.32 Å². The summed E-state index contributed by atoms with van der Waals surface area (Å²) in [4.78, 5) is 10.4. The van der Waals surface area contributed by atoms with E-state index in [0.717, 1.165) is 6.20 Å². The number of hydrogen-bond donors (Lipinski definition) is 3. The lowest BCUT2D eigenvalue weighted by Crippen LogP contribution is -2.59. The highest BCUT2D eigenvalue weighted by atomic mass is 16.7. The molecule has 1 saturated heterocycles. The molecule has 0 amide bonds. The number of carbonyl (C=O) groups excluding carboxylic acids is 1. The molecule has 2 rings (SSSR count). The minimum atomic E-state index is -0.945. The summed E-state index contributed by atoms with van der Waals surface area (Å²) in [5, 5.41) is 13.4. The van der Waals surface area contributed by atoms with Gasteiger partial charge in [0.1, 0.15) is 24.3 Å². The summed E-state index contributed by atoms with van der Waals surface area (Å²) < 4.78 is 16.8. The lowest BCUT2D eigenvalue weighted by molar-refractivity contribution is -0.165. The Kier molecular flexibility index (Phi) is 4.70. The average molecular weight is 298 g/mol. The monoisotopic (exact) mass is 298 g/mol. The molecule has 1 fully saturated rings. The first-order chi connectivity index (χ1) is 9.84. The lowest BCUT2D eigenvalue weighted by Gasteiger charge is -2.39. The van der Waals surface area contributed by atoms with Crippen LogP contribution in [0.3, 0.4) is 0 Å². The maximum Gasteiger partial charge on any atom is 0.163 e. The largest absolute Gasteiger partial charge is 0.490 e. The van der Waals surface area contributed by atoms with Gasteiger partial charge in [-0.25, -0.2) is 4.79 Å². The summed E-state index contributed by atoms with van der Waals surface area (Å²) in [5.41, 5.74) is 6.04. The van der Waals surface area contributed by atoms with Crippen LogP contribution < -0.4 is 11.1 Å². The van der Waals surface area contributed by atoms with E-state index in [1.54, 1.807) is 32.8 Å². The number of ether oxygens (including phenoxy) is 3. The quantitative estimate of drug-likeness (QED) is 0.597. The summed E-state index contributed by atoms with van der Waals surface area (Å²) in [5.74, 6) is 1.52. The Bertz CT molecular complexity index is 458. The second-order valence-electron chi connectivity index (χ2n) is 5.75. The fraction of sp³-hybridized carbons (Fsp3) is 0.714. The van der Waals surface area contributed by atoms with E-state index >= 15 is 0 Å². The van der Waals surface area contributed by atoms with Crippen molar-refractivity contribution < 1.29 is 24.1 Å². The molecular weight excluding hydrogens is 276 g/mol. The molecule has 0 radical (unpaired) electrons. The maximum atomic E-state index is 10.5. The molecule has 0 bridgehead atoms. The number of nitrogens with two attached hydrogens (primary N) is 1. The van der Waals surface area contributed by atoms with Crippen LogP contribution >= 0.6 is 0 Å². The highest BCUT2D eigenvalue weighted by molar-refractivity contribution is 5.44. The van der Waals surface area contributed by atoms with E-state index in [-0.39, 0.29) is 6.61 Å². The Balaban J connectivity index is 2.14. The molecule has 4 N–H and O–H groups in total. The molecule has 0 aliphatic carbocycles. The van der Waals surface area contributed by atoms with Crippen LogP contribution in [0.1, 0.15) is 20.8 Å². The van der Waals surface area contributed by atoms with Crippen molar-refractivity contribution in [1.29, 1.82) is 0 Å². The highest BCUT2D eigenvalue weighted by Crippen LogP contribution is 2.29. The summed E-state index contributed by atoms with van der Waals surface area (Å²) >= 11 is 0. The molecule has 0 saturated carbocycles. The van der Waals surface area contributed by atoms with Crippen molar-refractivity contribution >= 4 is 5.94 Å². The number of aliphatic hydroxyl groups is 1. The number of allylic oxidation sites excluding steroid dienone is 1. The van der Waals surface area contributed by atoms with E-state index < -0.39 is 36.2 Å². The van der Waals surface area contributed by atoms with Gasteiger partial charge in [0.15, 0.2) is 5.79 Å². The molecule has 0 aromatic carbocycles. The highest BCUT2D eigenvalue weighted by Gasteiger charge is 2.45. The predicted molar refractivity (Wildman–Crippen MR) is 74.7 cm³/mol. The molecule has 2 heterocycles. The van der Waals surface area contributed by atoms with Crippen LogP contribution in [0.15, 0.2) is 18.0 Å². The molecule has 118 valence electrons. The average Bonchev–Trinajstić information content (AvgIpc) is 2.76. The topological polar surface area (TPSA) is 103 Å². The second kappa shape index (κ2) is 6.17. The second-order valence-corrected chi connectivity index (χ2v) is 5.75. The fourth-order valence-corrected chi connectivity index (χ4v) is 2.63. The molecule has 7 heteroatoms. The van der Waals surface area contributed by atoms with Gasteiger partial charge in [-0.3, -0.25) is 0 Å². The van der Waals surface area contributed by atoms with Crippen molar-refractivity contribution in [3.63, 3.8) is 0 Å². The minimum Gasteiger partial charge on any atom is -0.490 e. The third-order valence-electron chi connectivity index (χ3n) is 3.60. The van der Waals surface area contributed by atoms with Crippen LogP contribution in [0, 0.1) is 0 Å². The third-order valence-corrected chi connectivity index (χ3v) is 3.60. The molecular formula is C14H22N2O5.